The van der Waals surface area contributed by atoms with Gasteiger partial charge in [-0.15, -0.1) is 69.1 Å². The number of hydrogen-bond acceptors (Lipinski definition) is 0. The summed E-state index contributed by atoms with van der Waals surface area (Å²) in [5.41, 5.74) is 5.18. The quantitative estimate of drug-likeness (QED) is 0.127. The summed E-state index contributed by atoms with van der Waals surface area (Å²) in [5.74, 6) is 0. The van der Waals surface area contributed by atoms with E-state index in [1.807, 2.05) is 51.4 Å². The van der Waals surface area contributed by atoms with Gasteiger partial charge in [0.15, 0.2) is 0 Å². The molecule has 0 fully saturated rings. The van der Waals surface area contributed by atoms with Gasteiger partial charge in [-0.1, -0.05) is 164 Å². The van der Waals surface area contributed by atoms with Gasteiger partial charge >= 0.3 is 39.9 Å². The van der Waals surface area contributed by atoms with Crippen LogP contribution in [0.2, 0.25) is 39.3 Å². The largest absolute Gasteiger partial charge is 2.00 e. The maximum Gasteiger partial charge on any atom is 2.00 e. The molecule has 6 rings (SSSR count). The first-order valence-corrected chi connectivity index (χ1v) is 20.8. The van der Waals surface area contributed by atoms with E-state index < -0.39 is 16.5 Å². The SMILES string of the molecule is C[Si](C)(C)[NH-].C[Si](C)(C)[NH-].[Gd+2].c1ccc(-c2cc3ccccc3[cH-]2)cc1.c1ccc(-c2cc3ccccc3[cH-]2)cc1. The number of nitrogens with one attached hydrogen (secondary N) is 2. The minimum Gasteiger partial charge on any atom is -0.680 e. The Bertz CT molecular complexity index is 1380. The smallest absolute Gasteiger partial charge is 0.680 e. The molecule has 0 aromatic heterocycles. The van der Waals surface area contributed by atoms with Gasteiger partial charge in [-0.2, -0.15) is 0 Å². The summed E-state index contributed by atoms with van der Waals surface area (Å²) < 4.78 is 0. The molecule has 0 radical (unpaired) electrons. The van der Waals surface area contributed by atoms with E-state index in [4.69, 9.17) is 10.8 Å². The van der Waals surface area contributed by atoms with E-state index in [9.17, 15) is 0 Å². The van der Waals surface area contributed by atoms with Crippen LogP contribution in [0.15, 0.2) is 133 Å². The minimum atomic E-state index is -1.36. The second-order valence-corrected chi connectivity index (χ2v) is 21.0. The van der Waals surface area contributed by atoms with Crippen molar-refractivity contribution in [3.63, 3.8) is 0 Å². The van der Waals surface area contributed by atoms with Gasteiger partial charge in [-0.25, -0.2) is 0 Å². The predicted molar refractivity (Wildman–Crippen MR) is 185 cm³/mol. The Balaban J connectivity index is 0.000000214. The van der Waals surface area contributed by atoms with Crippen LogP contribution in [0.5, 0.6) is 0 Å². The molecule has 2 N–H and O–H groups in total. The molecule has 0 aliphatic heterocycles. The molecule has 2 nitrogen and oxygen atoms in total. The van der Waals surface area contributed by atoms with Crippen LogP contribution >= 0.6 is 0 Å². The standard InChI is InChI=1S/2C15H11.2C3H10NSi.Gd/c2*1-2-6-12(7-3-1)15-10-13-8-4-5-9-14(13)11-15;2*1-5(2,3)4;/h2*1-11H;2*4H,1-3H3;/q4*-1;+2. The van der Waals surface area contributed by atoms with Crippen molar-refractivity contribution in [2.24, 2.45) is 0 Å². The van der Waals surface area contributed by atoms with Crippen molar-refractivity contribution < 1.29 is 39.9 Å². The van der Waals surface area contributed by atoms with E-state index in [0.29, 0.717) is 0 Å². The van der Waals surface area contributed by atoms with Gasteiger partial charge < -0.3 is 10.8 Å². The van der Waals surface area contributed by atoms with E-state index in [1.54, 1.807) is 0 Å². The fraction of sp³-hybridized carbons (Fsp3) is 0.167. The molecule has 214 valence electrons. The molecule has 0 spiro atoms. The average molecular weight is 716 g/mol. The zero-order valence-electron chi connectivity index (χ0n) is 25.1. The molecule has 0 unspecified atom stereocenters. The van der Waals surface area contributed by atoms with Crippen LogP contribution < -0.4 is 0 Å². The molecule has 0 aliphatic rings. The normalized spacial score (nSPS) is 10.7. The summed E-state index contributed by atoms with van der Waals surface area (Å²) in [6, 6.07) is 46.9. The summed E-state index contributed by atoms with van der Waals surface area (Å²) >= 11 is 0. The van der Waals surface area contributed by atoms with Gasteiger partial charge in [0.1, 0.15) is 0 Å². The van der Waals surface area contributed by atoms with Gasteiger partial charge in [0.05, 0.1) is 0 Å². The van der Waals surface area contributed by atoms with E-state index >= 15 is 0 Å². The Morgan fingerprint density at radius 3 is 1.00 bits per heavy atom. The van der Waals surface area contributed by atoms with Crippen molar-refractivity contribution in [3.05, 3.63) is 144 Å². The second kappa shape index (κ2) is 16.4. The summed E-state index contributed by atoms with van der Waals surface area (Å²) in [7, 11) is -2.72. The molecule has 0 aliphatic carbocycles. The summed E-state index contributed by atoms with van der Waals surface area (Å²) in [5, 5.41) is 19.4. The van der Waals surface area contributed by atoms with Gasteiger partial charge in [-0.05, 0) is 0 Å². The maximum atomic E-state index is 7.08. The topological polar surface area (TPSA) is 47.6 Å². The molecule has 6 aromatic rings. The number of hydrogen-bond donors (Lipinski definition) is 0. The fourth-order valence-electron chi connectivity index (χ4n) is 3.90. The van der Waals surface area contributed by atoms with Crippen molar-refractivity contribution in [2.45, 2.75) is 39.3 Å². The molecule has 0 bridgehead atoms. The van der Waals surface area contributed by atoms with Gasteiger partial charge in [0.25, 0.3) is 0 Å². The van der Waals surface area contributed by atoms with E-state index in [0.717, 1.165) is 0 Å². The fourth-order valence-corrected chi connectivity index (χ4v) is 3.90. The van der Waals surface area contributed by atoms with Crippen molar-refractivity contribution in [3.8, 4) is 22.3 Å². The third-order valence-electron chi connectivity index (χ3n) is 5.45. The molecule has 0 heterocycles. The third-order valence-corrected chi connectivity index (χ3v) is 5.45. The van der Waals surface area contributed by atoms with E-state index in [1.165, 1.54) is 43.8 Å². The summed E-state index contributed by atoms with van der Waals surface area (Å²) in [6.45, 7) is 12.0. The third kappa shape index (κ3) is 13.5. The van der Waals surface area contributed by atoms with E-state index in [2.05, 4.69) is 121 Å². The molecule has 6 aromatic carbocycles. The Hall–Kier alpha value is -2.22. The van der Waals surface area contributed by atoms with Crippen LogP contribution in [0.3, 0.4) is 0 Å². The van der Waals surface area contributed by atoms with Crippen LogP contribution in [0, 0.1) is 39.9 Å². The molecule has 0 saturated heterocycles. The molecule has 0 saturated carbocycles. The van der Waals surface area contributed by atoms with Crippen molar-refractivity contribution in [1.82, 2.24) is 0 Å². The molecule has 0 atom stereocenters. The van der Waals surface area contributed by atoms with Crippen molar-refractivity contribution in [1.29, 1.82) is 0 Å². The first kappa shape index (κ1) is 35.0. The van der Waals surface area contributed by atoms with Gasteiger partial charge in [0, 0.05) is 0 Å². The van der Waals surface area contributed by atoms with Crippen LogP contribution in [-0.2, 0) is 0 Å². The summed E-state index contributed by atoms with van der Waals surface area (Å²) in [6.07, 6.45) is 0. The predicted octanol–water partition coefficient (Wildman–Crippen LogP) is 12.2. The van der Waals surface area contributed by atoms with Gasteiger partial charge in [-0.3, -0.25) is 0 Å². The molecule has 5 heteroatoms. The van der Waals surface area contributed by atoms with Gasteiger partial charge in [0.2, 0.25) is 0 Å². The second-order valence-electron chi connectivity index (χ2n) is 12.0. The Morgan fingerprint density at radius 1 is 0.439 bits per heavy atom. The Morgan fingerprint density at radius 2 is 0.707 bits per heavy atom. The average Bonchev–Trinajstić information content (AvgIpc) is 3.53. The zero-order valence-corrected chi connectivity index (χ0v) is 29.3. The number of rotatable bonds is 2. The van der Waals surface area contributed by atoms with E-state index in [-0.39, 0.29) is 39.9 Å². The molecule has 41 heavy (non-hydrogen) atoms. The molecular formula is C36H42GdN2Si2-2. The maximum absolute atomic E-state index is 7.08. The first-order valence-electron chi connectivity index (χ1n) is 13.8. The minimum absolute atomic E-state index is 0. The van der Waals surface area contributed by atoms with Crippen LogP contribution in [0.25, 0.3) is 54.6 Å². The zero-order chi connectivity index (χ0) is 29.2. The Labute approximate surface area is 281 Å². The molecule has 0 amide bonds. The van der Waals surface area contributed by atoms with Crippen molar-refractivity contribution >= 4 is 38.0 Å². The van der Waals surface area contributed by atoms with Crippen molar-refractivity contribution in [2.75, 3.05) is 0 Å². The van der Waals surface area contributed by atoms with Crippen LogP contribution in [0.1, 0.15) is 0 Å². The summed E-state index contributed by atoms with van der Waals surface area (Å²) in [4.78, 5) is 0. The molecular weight excluding hydrogens is 674 g/mol. The van der Waals surface area contributed by atoms with Crippen LogP contribution in [-0.4, -0.2) is 16.5 Å². The number of fused-ring (bicyclic) bond motifs is 2. The Kier molecular flexibility index (Phi) is 14.0. The van der Waals surface area contributed by atoms with Crippen LogP contribution in [0.4, 0.5) is 0 Å². The first-order chi connectivity index (χ1) is 18.9. The monoisotopic (exact) mass is 716 g/mol. The number of benzene rings is 4.